The molecule has 0 spiro atoms. The number of nitrogens with zero attached hydrogens (tertiary/aromatic N) is 3. The van der Waals surface area contributed by atoms with Crippen LogP contribution in [0.5, 0.6) is 0 Å². The van der Waals surface area contributed by atoms with E-state index < -0.39 is 0 Å². The van der Waals surface area contributed by atoms with Crippen LogP contribution in [0.25, 0.3) is 94.5 Å². The Bertz CT molecular complexity index is 3090. The molecule has 1 aliphatic rings. The van der Waals surface area contributed by atoms with E-state index in [4.69, 9.17) is 14.4 Å². The summed E-state index contributed by atoms with van der Waals surface area (Å²) in [4.78, 5) is 10.8. The Morgan fingerprint density at radius 3 is 2.11 bits per heavy atom. The van der Waals surface area contributed by atoms with Gasteiger partial charge in [0.05, 0.1) is 22.3 Å². The molecule has 250 valence electrons. The summed E-state index contributed by atoms with van der Waals surface area (Å²) in [5.74, 6) is 1.43. The summed E-state index contributed by atoms with van der Waals surface area (Å²) in [5.41, 5.74) is 14.1. The van der Waals surface area contributed by atoms with Crippen LogP contribution in [0, 0.1) is 0 Å². The van der Waals surface area contributed by atoms with E-state index in [0.29, 0.717) is 5.82 Å². The molecule has 0 saturated heterocycles. The lowest BCUT2D eigenvalue weighted by Crippen LogP contribution is -2.15. The van der Waals surface area contributed by atoms with Crippen LogP contribution in [-0.4, -0.2) is 14.5 Å². The maximum absolute atomic E-state index is 6.55. The van der Waals surface area contributed by atoms with Gasteiger partial charge < -0.3 is 4.42 Å². The third-order valence-corrected chi connectivity index (χ3v) is 11.2. The highest BCUT2D eigenvalue weighted by Crippen LogP contribution is 2.53. The maximum atomic E-state index is 6.55. The standard InChI is InChI=1S/C49H33N3O/c1-49(2)39-23-9-6-18-33(39)35-26-27-42-45(46(35)49)37-20-7-10-24-41(37)52(42)44-29-40(32-17-12-16-31(28-32)30-14-4-3-5-15-30)50-48(51-44)38-22-13-21-36-34-19-8-11-25-43(34)53-47(36)38/h3-29H,1-2H3. The molecule has 3 heterocycles. The fourth-order valence-electron chi connectivity index (χ4n) is 8.81. The summed E-state index contributed by atoms with van der Waals surface area (Å²) < 4.78 is 8.88. The first-order chi connectivity index (χ1) is 26.0. The fraction of sp³-hybridized carbons (Fsp3) is 0.0612. The van der Waals surface area contributed by atoms with E-state index in [0.717, 1.165) is 66.7 Å². The van der Waals surface area contributed by atoms with Gasteiger partial charge in [0.2, 0.25) is 0 Å². The van der Waals surface area contributed by atoms with Crippen molar-refractivity contribution in [2.45, 2.75) is 19.3 Å². The van der Waals surface area contributed by atoms with Gasteiger partial charge in [-0.3, -0.25) is 4.57 Å². The molecule has 11 rings (SSSR count). The third-order valence-electron chi connectivity index (χ3n) is 11.2. The molecular weight excluding hydrogens is 647 g/mol. The molecule has 53 heavy (non-hydrogen) atoms. The van der Waals surface area contributed by atoms with E-state index in [1.54, 1.807) is 0 Å². The SMILES string of the molecule is CC1(C)c2ccccc2-c2ccc3c(c21)c1ccccc1n3-c1cc(-c2cccc(-c3ccccc3)c2)nc(-c2cccc3c2oc2ccccc23)n1. The van der Waals surface area contributed by atoms with E-state index in [9.17, 15) is 0 Å². The van der Waals surface area contributed by atoms with Crippen LogP contribution in [-0.2, 0) is 5.41 Å². The summed E-state index contributed by atoms with van der Waals surface area (Å²) in [6.07, 6.45) is 0. The Balaban J connectivity index is 1.21. The number of aromatic nitrogens is 3. The molecule has 0 bridgehead atoms. The molecule has 0 N–H and O–H groups in total. The number of para-hydroxylation sites is 3. The van der Waals surface area contributed by atoms with Gasteiger partial charge in [0.1, 0.15) is 17.0 Å². The summed E-state index contributed by atoms with van der Waals surface area (Å²) in [5, 5.41) is 4.61. The Kier molecular flexibility index (Phi) is 6.27. The van der Waals surface area contributed by atoms with Crippen molar-refractivity contribution in [1.29, 1.82) is 0 Å². The van der Waals surface area contributed by atoms with Gasteiger partial charge in [-0.1, -0.05) is 141 Å². The number of fused-ring (bicyclic) bond motifs is 10. The predicted octanol–water partition coefficient (Wildman–Crippen LogP) is 12.8. The number of hydrogen-bond acceptors (Lipinski definition) is 3. The van der Waals surface area contributed by atoms with Crippen LogP contribution < -0.4 is 0 Å². The van der Waals surface area contributed by atoms with Crippen LogP contribution in [0.2, 0.25) is 0 Å². The first-order valence-corrected chi connectivity index (χ1v) is 18.2. The minimum atomic E-state index is -0.169. The van der Waals surface area contributed by atoms with Crippen molar-refractivity contribution in [1.82, 2.24) is 14.5 Å². The molecule has 4 nitrogen and oxygen atoms in total. The summed E-state index contributed by atoms with van der Waals surface area (Å²) in [7, 11) is 0. The maximum Gasteiger partial charge on any atom is 0.165 e. The van der Waals surface area contributed by atoms with Gasteiger partial charge in [-0.05, 0) is 63.7 Å². The molecule has 0 atom stereocenters. The van der Waals surface area contributed by atoms with Crippen molar-refractivity contribution in [3.05, 3.63) is 175 Å². The molecule has 3 aromatic heterocycles. The average molecular weight is 680 g/mol. The monoisotopic (exact) mass is 679 g/mol. The quantitative estimate of drug-likeness (QED) is 0.186. The lowest BCUT2D eigenvalue weighted by molar-refractivity contribution is 0.666. The van der Waals surface area contributed by atoms with E-state index >= 15 is 0 Å². The summed E-state index contributed by atoms with van der Waals surface area (Å²) in [6, 6.07) is 57.9. The van der Waals surface area contributed by atoms with Crippen LogP contribution in [0.4, 0.5) is 0 Å². The third kappa shape index (κ3) is 4.36. The van der Waals surface area contributed by atoms with Crippen LogP contribution in [0.3, 0.4) is 0 Å². The molecule has 1 aliphatic carbocycles. The van der Waals surface area contributed by atoms with Crippen molar-refractivity contribution >= 4 is 43.7 Å². The minimum Gasteiger partial charge on any atom is -0.455 e. The van der Waals surface area contributed by atoms with E-state index in [2.05, 4.69) is 170 Å². The second-order valence-corrected chi connectivity index (χ2v) is 14.6. The van der Waals surface area contributed by atoms with Crippen molar-refractivity contribution < 1.29 is 4.42 Å². The highest BCUT2D eigenvalue weighted by atomic mass is 16.3. The number of furan rings is 1. The molecule has 0 aliphatic heterocycles. The first-order valence-electron chi connectivity index (χ1n) is 18.2. The molecule has 0 saturated carbocycles. The summed E-state index contributed by atoms with van der Waals surface area (Å²) >= 11 is 0. The van der Waals surface area contributed by atoms with E-state index in [1.807, 2.05) is 12.1 Å². The lowest BCUT2D eigenvalue weighted by atomic mass is 9.80. The van der Waals surface area contributed by atoms with Crippen molar-refractivity contribution in [3.8, 4) is 50.7 Å². The van der Waals surface area contributed by atoms with Crippen LogP contribution in [0.15, 0.2) is 168 Å². The fourth-order valence-corrected chi connectivity index (χ4v) is 8.81. The topological polar surface area (TPSA) is 43.9 Å². The molecule has 0 amide bonds. The lowest BCUT2D eigenvalue weighted by Gasteiger charge is -2.22. The van der Waals surface area contributed by atoms with Crippen molar-refractivity contribution in [2.24, 2.45) is 0 Å². The largest absolute Gasteiger partial charge is 0.455 e. The Labute approximate surface area is 306 Å². The van der Waals surface area contributed by atoms with Gasteiger partial charge >= 0.3 is 0 Å². The van der Waals surface area contributed by atoms with Gasteiger partial charge in [-0.2, -0.15) is 0 Å². The number of benzene rings is 7. The average Bonchev–Trinajstić information content (AvgIpc) is 3.84. The Hall–Kier alpha value is -6.78. The van der Waals surface area contributed by atoms with Crippen LogP contribution >= 0.6 is 0 Å². The Morgan fingerprint density at radius 2 is 1.21 bits per heavy atom. The van der Waals surface area contributed by atoms with Gasteiger partial charge in [-0.15, -0.1) is 0 Å². The van der Waals surface area contributed by atoms with Gasteiger partial charge in [0.15, 0.2) is 5.82 Å². The zero-order valence-corrected chi connectivity index (χ0v) is 29.3. The number of hydrogen-bond donors (Lipinski definition) is 0. The second kappa shape index (κ2) is 11.1. The van der Waals surface area contributed by atoms with Crippen molar-refractivity contribution in [2.75, 3.05) is 0 Å². The zero-order valence-electron chi connectivity index (χ0n) is 29.3. The van der Waals surface area contributed by atoms with Gasteiger partial charge in [0.25, 0.3) is 0 Å². The second-order valence-electron chi connectivity index (χ2n) is 14.6. The summed E-state index contributed by atoms with van der Waals surface area (Å²) in [6.45, 7) is 4.72. The van der Waals surface area contributed by atoms with Crippen LogP contribution in [0.1, 0.15) is 25.0 Å². The normalized spacial score (nSPS) is 13.2. The molecular formula is C49H33N3O. The Morgan fingerprint density at radius 1 is 0.509 bits per heavy atom. The molecule has 0 unspecified atom stereocenters. The molecule has 10 aromatic rings. The highest BCUT2D eigenvalue weighted by Gasteiger charge is 2.38. The van der Waals surface area contributed by atoms with Gasteiger partial charge in [0, 0.05) is 38.6 Å². The molecule has 0 radical (unpaired) electrons. The highest BCUT2D eigenvalue weighted by molar-refractivity contribution is 6.14. The molecule has 4 heteroatoms. The van der Waals surface area contributed by atoms with Crippen molar-refractivity contribution in [3.63, 3.8) is 0 Å². The van der Waals surface area contributed by atoms with E-state index in [-0.39, 0.29) is 5.41 Å². The zero-order chi connectivity index (χ0) is 35.3. The predicted molar refractivity (Wildman–Crippen MR) is 218 cm³/mol. The number of rotatable bonds is 4. The smallest absolute Gasteiger partial charge is 0.165 e. The molecule has 0 fully saturated rings. The first kappa shape index (κ1) is 29.9. The van der Waals surface area contributed by atoms with E-state index in [1.165, 1.54) is 33.0 Å². The molecule has 7 aromatic carbocycles. The van der Waals surface area contributed by atoms with Gasteiger partial charge in [-0.25, -0.2) is 9.97 Å². The minimum absolute atomic E-state index is 0.169.